The van der Waals surface area contributed by atoms with Crippen LogP contribution in [0.1, 0.15) is 47.5 Å². The van der Waals surface area contributed by atoms with Crippen LogP contribution in [0.5, 0.6) is 0 Å². The third-order valence-electron chi connectivity index (χ3n) is 2.61. The van der Waals surface area contributed by atoms with Gasteiger partial charge in [-0.1, -0.05) is 41.0 Å². The van der Waals surface area contributed by atoms with E-state index >= 15 is 0 Å². The third kappa shape index (κ3) is 3.89. The van der Waals surface area contributed by atoms with Gasteiger partial charge in [-0.15, -0.1) is 0 Å². The second-order valence-electron chi connectivity index (χ2n) is 4.24. The number of rotatable bonds is 5. The zero-order valence-electron chi connectivity index (χ0n) is 9.05. The van der Waals surface area contributed by atoms with E-state index < -0.39 is 0 Å². The molecule has 0 aromatic heterocycles. The Balaban J connectivity index is 3.92. The van der Waals surface area contributed by atoms with Crippen molar-refractivity contribution < 1.29 is 4.79 Å². The van der Waals surface area contributed by atoms with Crippen molar-refractivity contribution in [3.8, 4) is 0 Å². The Hall–Kier alpha value is -0.330. The van der Waals surface area contributed by atoms with Gasteiger partial charge in [0.15, 0.2) is 0 Å². The molecule has 72 valence electrons. The predicted molar refractivity (Wildman–Crippen MR) is 53.1 cm³/mol. The van der Waals surface area contributed by atoms with E-state index in [2.05, 4.69) is 34.6 Å². The second kappa shape index (κ2) is 5.34. The van der Waals surface area contributed by atoms with Crippen molar-refractivity contribution in [1.82, 2.24) is 0 Å². The van der Waals surface area contributed by atoms with Gasteiger partial charge in [0.05, 0.1) is 0 Å². The summed E-state index contributed by atoms with van der Waals surface area (Å²) in [5.74, 6) is 1.72. The lowest BCUT2D eigenvalue weighted by molar-refractivity contribution is -0.124. The molecule has 0 fully saturated rings. The van der Waals surface area contributed by atoms with Gasteiger partial charge < -0.3 is 0 Å². The summed E-state index contributed by atoms with van der Waals surface area (Å²) in [5, 5.41) is 0. The Bertz CT molecular complexity index is 138. The number of hydrogen-bond donors (Lipinski definition) is 0. The summed E-state index contributed by atoms with van der Waals surface area (Å²) in [7, 11) is 0. The molecule has 0 aliphatic rings. The van der Waals surface area contributed by atoms with Crippen LogP contribution in [-0.2, 0) is 4.79 Å². The highest BCUT2D eigenvalue weighted by molar-refractivity contribution is 5.81. The molecule has 0 spiro atoms. The fourth-order valence-electron chi connectivity index (χ4n) is 1.26. The SMILES string of the molecule is CCC(C)C(C)C(=O)CC(C)C. The minimum atomic E-state index is 0.248. The zero-order chi connectivity index (χ0) is 9.72. The van der Waals surface area contributed by atoms with Crippen molar-refractivity contribution in [2.45, 2.75) is 47.5 Å². The average Bonchev–Trinajstić information content (AvgIpc) is 2.00. The fourth-order valence-corrected chi connectivity index (χ4v) is 1.26. The molecule has 0 saturated heterocycles. The lowest BCUT2D eigenvalue weighted by atomic mass is 9.86. The molecule has 0 aromatic carbocycles. The number of ketones is 1. The van der Waals surface area contributed by atoms with Crippen LogP contribution >= 0.6 is 0 Å². The first kappa shape index (κ1) is 11.7. The van der Waals surface area contributed by atoms with Crippen molar-refractivity contribution in [1.29, 1.82) is 0 Å². The number of hydrogen-bond acceptors (Lipinski definition) is 1. The number of carbonyl (C=O) groups excluding carboxylic acids is 1. The van der Waals surface area contributed by atoms with E-state index in [9.17, 15) is 4.79 Å². The Morgan fingerprint density at radius 2 is 1.67 bits per heavy atom. The monoisotopic (exact) mass is 170 g/mol. The molecule has 0 radical (unpaired) electrons. The molecule has 0 amide bonds. The van der Waals surface area contributed by atoms with E-state index in [-0.39, 0.29) is 5.92 Å². The van der Waals surface area contributed by atoms with Gasteiger partial charge in [-0.05, 0) is 11.8 Å². The summed E-state index contributed by atoms with van der Waals surface area (Å²) in [6.45, 7) is 10.5. The third-order valence-corrected chi connectivity index (χ3v) is 2.61. The quantitative estimate of drug-likeness (QED) is 0.619. The van der Waals surface area contributed by atoms with E-state index in [1.165, 1.54) is 0 Å². The molecule has 0 rings (SSSR count). The van der Waals surface area contributed by atoms with Crippen molar-refractivity contribution >= 4 is 5.78 Å². The van der Waals surface area contributed by atoms with Gasteiger partial charge >= 0.3 is 0 Å². The summed E-state index contributed by atoms with van der Waals surface area (Å²) < 4.78 is 0. The first-order valence-electron chi connectivity index (χ1n) is 5.01. The van der Waals surface area contributed by atoms with Gasteiger partial charge in [0, 0.05) is 12.3 Å². The first-order chi connectivity index (χ1) is 5.49. The normalized spacial score (nSPS) is 16.2. The molecule has 12 heavy (non-hydrogen) atoms. The highest BCUT2D eigenvalue weighted by Gasteiger charge is 2.18. The Labute approximate surface area is 76.6 Å². The van der Waals surface area contributed by atoms with E-state index in [4.69, 9.17) is 0 Å². The number of carbonyl (C=O) groups is 1. The molecule has 1 heteroatoms. The van der Waals surface area contributed by atoms with Crippen molar-refractivity contribution in [3.05, 3.63) is 0 Å². The lowest BCUT2D eigenvalue weighted by Gasteiger charge is -2.17. The molecule has 0 saturated carbocycles. The molecule has 0 bridgehead atoms. The first-order valence-corrected chi connectivity index (χ1v) is 5.01. The smallest absolute Gasteiger partial charge is 0.136 e. The standard InChI is InChI=1S/C11H22O/c1-6-9(4)10(5)11(12)7-8(2)3/h8-10H,6-7H2,1-5H3. The van der Waals surface area contributed by atoms with Gasteiger partial charge in [-0.2, -0.15) is 0 Å². The Morgan fingerprint density at radius 1 is 1.17 bits per heavy atom. The molecular formula is C11H22O. The molecule has 2 atom stereocenters. The summed E-state index contributed by atoms with van der Waals surface area (Å²) in [6, 6.07) is 0. The Morgan fingerprint density at radius 3 is 2.00 bits per heavy atom. The van der Waals surface area contributed by atoms with Crippen molar-refractivity contribution in [2.75, 3.05) is 0 Å². The van der Waals surface area contributed by atoms with Crippen LogP contribution in [0.4, 0.5) is 0 Å². The summed E-state index contributed by atoms with van der Waals surface area (Å²) >= 11 is 0. The van der Waals surface area contributed by atoms with Crippen LogP contribution in [0.3, 0.4) is 0 Å². The van der Waals surface area contributed by atoms with Crippen LogP contribution in [0.15, 0.2) is 0 Å². The lowest BCUT2D eigenvalue weighted by Crippen LogP contribution is -2.19. The molecule has 1 nitrogen and oxygen atoms in total. The fraction of sp³-hybridized carbons (Fsp3) is 0.909. The molecular weight excluding hydrogens is 148 g/mol. The van der Waals surface area contributed by atoms with Crippen LogP contribution in [0, 0.1) is 17.8 Å². The van der Waals surface area contributed by atoms with Crippen molar-refractivity contribution in [2.24, 2.45) is 17.8 Å². The molecule has 0 aliphatic heterocycles. The van der Waals surface area contributed by atoms with Gasteiger partial charge in [0.1, 0.15) is 5.78 Å². The molecule has 0 aliphatic carbocycles. The maximum absolute atomic E-state index is 11.6. The molecule has 0 aromatic rings. The van der Waals surface area contributed by atoms with Crippen LogP contribution in [0.25, 0.3) is 0 Å². The predicted octanol–water partition coefficient (Wildman–Crippen LogP) is 3.28. The van der Waals surface area contributed by atoms with Gasteiger partial charge in [-0.25, -0.2) is 0 Å². The zero-order valence-corrected chi connectivity index (χ0v) is 9.05. The van der Waals surface area contributed by atoms with Gasteiger partial charge in [0.25, 0.3) is 0 Å². The number of Topliss-reactive ketones (excluding diaryl/α,β-unsaturated/α-hetero) is 1. The Kier molecular flexibility index (Phi) is 5.19. The van der Waals surface area contributed by atoms with E-state index in [0.29, 0.717) is 17.6 Å². The largest absolute Gasteiger partial charge is 0.299 e. The summed E-state index contributed by atoms with van der Waals surface area (Å²) in [5.41, 5.74) is 0. The molecule has 2 unspecified atom stereocenters. The minimum Gasteiger partial charge on any atom is -0.299 e. The summed E-state index contributed by atoms with van der Waals surface area (Å²) in [4.78, 5) is 11.6. The van der Waals surface area contributed by atoms with E-state index in [0.717, 1.165) is 12.8 Å². The maximum Gasteiger partial charge on any atom is 0.136 e. The second-order valence-corrected chi connectivity index (χ2v) is 4.24. The highest BCUT2D eigenvalue weighted by atomic mass is 16.1. The van der Waals surface area contributed by atoms with E-state index in [1.54, 1.807) is 0 Å². The topological polar surface area (TPSA) is 17.1 Å². The summed E-state index contributed by atoms with van der Waals surface area (Å²) in [6.07, 6.45) is 1.84. The van der Waals surface area contributed by atoms with Crippen molar-refractivity contribution in [3.63, 3.8) is 0 Å². The van der Waals surface area contributed by atoms with Crippen LogP contribution in [-0.4, -0.2) is 5.78 Å². The van der Waals surface area contributed by atoms with Gasteiger partial charge in [0.2, 0.25) is 0 Å². The van der Waals surface area contributed by atoms with E-state index in [1.807, 2.05) is 0 Å². The van der Waals surface area contributed by atoms with Gasteiger partial charge in [-0.3, -0.25) is 4.79 Å². The molecule has 0 N–H and O–H groups in total. The average molecular weight is 170 g/mol. The molecule has 0 heterocycles. The maximum atomic E-state index is 11.6. The van der Waals surface area contributed by atoms with Crippen LogP contribution in [0.2, 0.25) is 0 Å². The van der Waals surface area contributed by atoms with Crippen LogP contribution < -0.4 is 0 Å². The highest BCUT2D eigenvalue weighted by Crippen LogP contribution is 2.18. The minimum absolute atomic E-state index is 0.248.